The van der Waals surface area contributed by atoms with E-state index < -0.39 is 0 Å². The summed E-state index contributed by atoms with van der Waals surface area (Å²) in [6, 6.07) is 4.95. The van der Waals surface area contributed by atoms with Gasteiger partial charge in [-0.3, -0.25) is 9.89 Å². The molecule has 1 aromatic heterocycles. The third-order valence-corrected chi connectivity index (χ3v) is 4.51. The Kier molecular flexibility index (Phi) is 10.0. The monoisotopic (exact) mass is 438 g/mol. The number of halogens is 1. The Hall–Kier alpha value is -0.380. The van der Waals surface area contributed by atoms with Gasteiger partial charge in [0.05, 0.1) is 13.2 Å². The Morgan fingerprint density at radius 1 is 1.50 bits per heavy atom. The van der Waals surface area contributed by atoms with Gasteiger partial charge < -0.3 is 15.8 Å². The average molecular weight is 438 g/mol. The van der Waals surface area contributed by atoms with E-state index >= 15 is 0 Å². The maximum atomic E-state index is 5.89. The molecule has 1 fully saturated rings. The molecule has 22 heavy (non-hydrogen) atoms. The molecule has 0 spiro atoms. The van der Waals surface area contributed by atoms with Crippen LogP contribution < -0.4 is 11.1 Å². The molecule has 2 rings (SSSR count). The molecular weight excluding hydrogens is 411 g/mol. The van der Waals surface area contributed by atoms with Gasteiger partial charge in [-0.05, 0) is 30.7 Å². The minimum absolute atomic E-state index is 0. The first-order valence-electron chi connectivity index (χ1n) is 7.58. The van der Waals surface area contributed by atoms with Crippen LogP contribution >= 0.6 is 35.3 Å². The molecule has 3 N–H and O–H groups in total. The Labute approximate surface area is 154 Å². The molecule has 0 aromatic carbocycles. The summed E-state index contributed by atoms with van der Waals surface area (Å²) in [6.07, 6.45) is 3.61. The molecule has 126 valence electrons. The smallest absolute Gasteiger partial charge is 0.188 e. The van der Waals surface area contributed by atoms with Gasteiger partial charge in [0, 0.05) is 37.7 Å². The standard InChI is InChI=1S/C15H26N4OS.HI/c1-20-11-10-19(13-4-5-13)9-8-18-15(16)17-7-6-14-3-2-12-21-14;/h2-3,12-13H,4-11H2,1H3,(H3,16,17,18);1H. The molecule has 1 saturated carbocycles. The highest BCUT2D eigenvalue weighted by Crippen LogP contribution is 2.26. The number of nitrogens with one attached hydrogen (secondary N) is 1. The molecule has 1 heterocycles. The molecule has 1 aliphatic carbocycles. The van der Waals surface area contributed by atoms with Crippen LogP contribution in [0.3, 0.4) is 0 Å². The maximum absolute atomic E-state index is 5.89. The van der Waals surface area contributed by atoms with Crippen molar-refractivity contribution in [2.75, 3.05) is 39.9 Å². The van der Waals surface area contributed by atoms with Crippen LogP contribution in [0.5, 0.6) is 0 Å². The molecule has 0 unspecified atom stereocenters. The maximum Gasteiger partial charge on any atom is 0.188 e. The van der Waals surface area contributed by atoms with Gasteiger partial charge in [-0.25, -0.2) is 0 Å². The summed E-state index contributed by atoms with van der Waals surface area (Å²) in [5.41, 5.74) is 5.89. The van der Waals surface area contributed by atoms with Gasteiger partial charge in [0.2, 0.25) is 0 Å². The number of guanidine groups is 1. The molecule has 0 aliphatic heterocycles. The minimum Gasteiger partial charge on any atom is -0.383 e. The zero-order valence-electron chi connectivity index (χ0n) is 13.2. The van der Waals surface area contributed by atoms with Crippen LogP contribution in [0.4, 0.5) is 0 Å². The second-order valence-corrected chi connectivity index (χ2v) is 6.32. The van der Waals surface area contributed by atoms with E-state index in [2.05, 4.69) is 32.7 Å². The normalized spacial score (nSPS) is 14.9. The lowest BCUT2D eigenvalue weighted by Crippen LogP contribution is -2.35. The Morgan fingerprint density at radius 2 is 2.32 bits per heavy atom. The summed E-state index contributed by atoms with van der Waals surface area (Å²) < 4.78 is 5.15. The lowest BCUT2D eigenvalue weighted by atomic mass is 10.3. The fraction of sp³-hybridized carbons (Fsp3) is 0.667. The van der Waals surface area contributed by atoms with Crippen molar-refractivity contribution in [2.24, 2.45) is 10.7 Å². The third-order valence-electron chi connectivity index (χ3n) is 3.57. The van der Waals surface area contributed by atoms with Gasteiger partial charge in [0.15, 0.2) is 5.96 Å². The second kappa shape index (κ2) is 11.2. The van der Waals surface area contributed by atoms with Gasteiger partial charge in [-0.1, -0.05) is 6.07 Å². The molecule has 0 atom stereocenters. The number of thiophene rings is 1. The van der Waals surface area contributed by atoms with E-state index in [9.17, 15) is 0 Å². The summed E-state index contributed by atoms with van der Waals surface area (Å²) in [4.78, 5) is 8.23. The van der Waals surface area contributed by atoms with Crippen LogP contribution in [0.2, 0.25) is 0 Å². The van der Waals surface area contributed by atoms with Crippen molar-refractivity contribution < 1.29 is 4.74 Å². The third kappa shape index (κ3) is 7.75. The molecular formula is C15H27IN4OS. The highest BCUT2D eigenvalue weighted by atomic mass is 127. The zero-order chi connectivity index (χ0) is 14.9. The van der Waals surface area contributed by atoms with E-state index in [1.807, 2.05) is 0 Å². The van der Waals surface area contributed by atoms with Crippen LogP contribution in [0, 0.1) is 0 Å². The van der Waals surface area contributed by atoms with E-state index in [1.165, 1.54) is 17.7 Å². The van der Waals surface area contributed by atoms with Crippen LogP contribution in [0.15, 0.2) is 22.5 Å². The first kappa shape index (κ1) is 19.7. The van der Waals surface area contributed by atoms with Crippen LogP contribution in [0.1, 0.15) is 17.7 Å². The number of nitrogens with two attached hydrogens (primary N) is 1. The van der Waals surface area contributed by atoms with Crippen molar-refractivity contribution in [2.45, 2.75) is 25.3 Å². The van der Waals surface area contributed by atoms with Gasteiger partial charge >= 0.3 is 0 Å². The van der Waals surface area contributed by atoms with Crippen LogP contribution in [-0.4, -0.2) is 56.8 Å². The largest absolute Gasteiger partial charge is 0.383 e. The Morgan fingerprint density at radius 3 is 2.95 bits per heavy atom. The van der Waals surface area contributed by atoms with E-state index in [4.69, 9.17) is 10.5 Å². The van der Waals surface area contributed by atoms with Crippen molar-refractivity contribution in [3.8, 4) is 0 Å². The topological polar surface area (TPSA) is 62.9 Å². The number of aliphatic imine (C=N–C) groups is 1. The summed E-state index contributed by atoms with van der Waals surface area (Å²) in [5, 5.41) is 5.27. The van der Waals surface area contributed by atoms with Crippen molar-refractivity contribution in [3.63, 3.8) is 0 Å². The Balaban J connectivity index is 0.00000242. The lowest BCUT2D eigenvalue weighted by Gasteiger charge is -2.20. The predicted molar refractivity (Wildman–Crippen MR) is 104 cm³/mol. The molecule has 0 radical (unpaired) electrons. The van der Waals surface area contributed by atoms with Gasteiger partial charge in [-0.15, -0.1) is 35.3 Å². The number of methoxy groups -OCH3 is 1. The first-order valence-corrected chi connectivity index (χ1v) is 8.46. The molecule has 0 saturated heterocycles. The van der Waals surface area contributed by atoms with E-state index in [-0.39, 0.29) is 24.0 Å². The number of hydrogen-bond donors (Lipinski definition) is 2. The van der Waals surface area contributed by atoms with Crippen molar-refractivity contribution >= 4 is 41.3 Å². The quantitative estimate of drug-likeness (QED) is 0.333. The van der Waals surface area contributed by atoms with Gasteiger partial charge in [0.25, 0.3) is 0 Å². The molecule has 1 aliphatic rings. The number of rotatable bonds is 10. The van der Waals surface area contributed by atoms with Crippen molar-refractivity contribution in [1.82, 2.24) is 10.2 Å². The summed E-state index contributed by atoms with van der Waals surface area (Å²) >= 11 is 1.77. The highest BCUT2D eigenvalue weighted by Gasteiger charge is 2.27. The molecule has 0 bridgehead atoms. The number of nitrogens with zero attached hydrogens (tertiary/aromatic N) is 2. The molecule has 0 amide bonds. The molecule has 5 nitrogen and oxygen atoms in total. The predicted octanol–water partition coefficient (Wildman–Crippen LogP) is 1.92. The van der Waals surface area contributed by atoms with Crippen molar-refractivity contribution in [1.29, 1.82) is 0 Å². The summed E-state index contributed by atoms with van der Waals surface area (Å²) in [5.74, 6) is 0.550. The number of ether oxygens (including phenoxy) is 1. The molecule has 7 heteroatoms. The van der Waals surface area contributed by atoms with Crippen LogP contribution in [0.25, 0.3) is 0 Å². The van der Waals surface area contributed by atoms with Gasteiger partial charge in [0.1, 0.15) is 0 Å². The van der Waals surface area contributed by atoms with E-state index in [1.54, 1.807) is 18.4 Å². The van der Waals surface area contributed by atoms with E-state index in [0.29, 0.717) is 5.96 Å². The Bertz CT molecular complexity index is 423. The van der Waals surface area contributed by atoms with Crippen molar-refractivity contribution in [3.05, 3.63) is 22.4 Å². The zero-order valence-corrected chi connectivity index (χ0v) is 16.3. The van der Waals surface area contributed by atoms with Crippen LogP contribution in [-0.2, 0) is 11.2 Å². The van der Waals surface area contributed by atoms with E-state index in [0.717, 1.165) is 45.2 Å². The highest BCUT2D eigenvalue weighted by molar-refractivity contribution is 14.0. The average Bonchev–Trinajstić information content (AvgIpc) is 3.19. The fourth-order valence-electron chi connectivity index (χ4n) is 2.25. The van der Waals surface area contributed by atoms with Gasteiger partial charge in [-0.2, -0.15) is 0 Å². The lowest BCUT2D eigenvalue weighted by molar-refractivity contribution is 0.145. The summed E-state index contributed by atoms with van der Waals surface area (Å²) in [6.45, 7) is 4.32. The summed E-state index contributed by atoms with van der Waals surface area (Å²) in [7, 11) is 1.75. The fourth-order valence-corrected chi connectivity index (χ4v) is 2.96. The first-order chi connectivity index (χ1) is 10.3. The SMILES string of the molecule is COCCN(CCN=C(N)NCCc1cccs1)C1CC1.I. The number of hydrogen-bond acceptors (Lipinski definition) is 4. The molecule has 1 aromatic rings. The minimum atomic E-state index is 0. The second-order valence-electron chi connectivity index (χ2n) is 5.28.